The summed E-state index contributed by atoms with van der Waals surface area (Å²) in [5.74, 6) is 5.84. The van der Waals surface area contributed by atoms with Gasteiger partial charge in [-0.1, -0.05) is 42.1 Å². The van der Waals surface area contributed by atoms with Gasteiger partial charge in [0.25, 0.3) is 0 Å². The summed E-state index contributed by atoms with van der Waals surface area (Å²) < 4.78 is 1.30. The number of hydrogen-bond donors (Lipinski definition) is 2. The second-order valence-electron chi connectivity index (χ2n) is 4.80. The van der Waals surface area contributed by atoms with Gasteiger partial charge in [-0.3, -0.25) is 4.79 Å². The van der Waals surface area contributed by atoms with E-state index in [9.17, 15) is 4.79 Å². The highest BCUT2D eigenvalue weighted by Crippen LogP contribution is 2.12. The summed E-state index contributed by atoms with van der Waals surface area (Å²) in [5.41, 5.74) is 1.28. The molecule has 0 radical (unpaired) electrons. The molecule has 6 nitrogen and oxygen atoms in total. The van der Waals surface area contributed by atoms with Crippen LogP contribution in [0.4, 0.5) is 0 Å². The van der Waals surface area contributed by atoms with Crippen molar-refractivity contribution in [1.29, 1.82) is 0 Å². The van der Waals surface area contributed by atoms with Crippen molar-refractivity contribution in [1.82, 2.24) is 20.2 Å². The van der Waals surface area contributed by atoms with Gasteiger partial charge in [-0.05, 0) is 25.3 Å². The third-order valence-corrected chi connectivity index (χ3v) is 3.95. The molecule has 0 spiro atoms. The van der Waals surface area contributed by atoms with Crippen LogP contribution in [-0.4, -0.2) is 32.6 Å². The number of thioether (sulfide) groups is 1. The van der Waals surface area contributed by atoms with E-state index in [1.165, 1.54) is 28.3 Å². The minimum Gasteiger partial charge on any atom is -0.353 e. The van der Waals surface area contributed by atoms with E-state index in [1.54, 1.807) is 0 Å². The first kappa shape index (κ1) is 15.4. The van der Waals surface area contributed by atoms with Crippen molar-refractivity contribution in [3.8, 4) is 0 Å². The minimum absolute atomic E-state index is 0.0245. The van der Waals surface area contributed by atoms with Gasteiger partial charge in [0.15, 0.2) is 0 Å². The van der Waals surface area contributed by atoms with Gasteiger partial charge in [0.1, 0.15) is 6.33 Å². The SMILES string of the molecule is C[C@H](CCc1ccccc1)NC(=O)CSc1nncn1N. The van der Waals surface area contributed by atoms with E-state index in [0.29, 0.717) is 5.16 Å². The molecule has 21 heavy (non-hydrogen) atoms. The molecular weight excluding hydrogens is 286 g/mol. The molecule has 1 aromatic carbocycles. The van der Waals surface area contributed by atoms with Crippen LogP contribution < -0.4 is 11.2 Å². The number of aromatic nitrogens is 3. The van der Waals surface area contributed by atoms with E-state index in [-0.39, 0.29) is 17.7 Å². The summed E-state index contributed by atoms with van der Waals surface area (Å²) >= 11 is 1.27. The van der Waals surface area contributed by atoms with Crippen molar-refractivity contribution in [2.24, 2.45) is 0 Å². The Balaban J connectivity index is 1.68. The molecule has 1 heterocycles. The standard InChI is InChI=1S/C14H19N5OS/c1-11(7-8-12-5-3-2-4-6-12)17-13(20)9-21-14-18-16-10-19(14)15/h2-6,10-11H,7-9,15H2,1H3,(H,17,20)/t11-/m1/s1. The number of nitrogens with zero attached hydrogens (tertiary/aromatic N) is 3. The molecule has 2 aromatic rings. The number of carbonyl (C=O) groups is 1. The molecule has 1 atom stereocenters. The van der Waals surface area contributed by atoms with Crippen molar-refractivity contribution in [2.75, 3.05) is 11.6 Å². The van der Waals surface area contributed by atoms with Crippen molar-refractivity contribution in [2.45, 2.75) is 31.0 Å². The van der Waals surface area contributed by atoms with Crippen LogP contribution in [0.15, 0.2) is 41.8 Å². The number of aryl methyl sites for hydroxylation is 1. The summed E-state index contributed by atoms with van der Waals surface area (Å²) in [6, 6.07) is 10.4. The monoisotopic (exact) mass is 305 g/mol. The minimum atomic E-state index is -0.0245. The number of amides is 1. The zero-order valence-electron chi connectivity index (χ0n) is 11.9. The van der Waals surface area contributed by atoms with Crippen LogP contribution >= 0.6 is 11.8 Å². The van der Waals surface area contributed by atoms with Crippen molar-refractivity contribution < 1.29 is 4.79 Å². The predicted octanol–water partition coefficient (Wildman–Crippen LogP) is 1.22. The summed E-state index contributed by atoms with van der Waals surface area (Å²) in [5, 5.41) is 11.0. The topological polar surface area (TPSA) is 85.8 Å². The molecule has 2 rings (SSSR count). The van der Waals surface area contributed by atoms with Crippen molar-refractivity contribution in [3.05, 3.63) is 42.2 Å². The number of carbonyl (C=O) groups excluding carboxylic acids is 1. The predicted molar refractivity (Wildman–Crippen MR) is 83.3 cm³/mol. The van der Waals surface area contributed by atoms with Crippen LogP contribution in [0.5, 0.6) is 0 Å². The van der Waals surface area contributed by atoms with Crippen LogP contribution in [0.3, 0.4) is 0 Å². The normalized spacial score (nSPS) is 12.0. The fourth-order valence-corrected chi connectivity index (χ4v) is 2.53. The molecule has 1 amide bonds. The van der Waals surface area contributed by atoms with E-state index in [0.717, 1.165) is 12.8 Å². The molecule has 0 saturated heterocycles. The fraction of sp³-hybridized carbons (Fsp3) is 0.357. The summed E-state index contributed by atoms with van der Waals surface area (Å²) in [7, 11) is 0. The Morgan fingerprint density at radius 3 is 2.86 bits per heavy atom. The zero-order chi connectivity index (χ0) is 15.1. The molecule has 7 heteroatoms. The summed E-state index contributed by atoms with van der Waals surface area (Å²) in [6.45, 7) is 2.01. The average molecular weight is 305 g/mol. The Hall–Kier alpha value is -2.02. The average Bonchev–Trinajstić information content (AvgIpc) is 2.89. The smallest absolute Gasteiger partial charge is 0.230 e. The van der Waals surface area contributed by atoms with Gasteiger partial charge in [0.05, 0.1) is 5.75 Å². The van der Waals surface area contributed by atoms with Gasteiger partial charge in [0, 0.05) is 6.04 Å². The molecule has 0 fully saturated rings. The lowest BCUT2D eigenvalue weighted by atomic mass is 10.1. The highest BCUT2D eigenvalue weighted by Gasteiger charge is 2.10. The van der Waals surface area contributed by atoms with Crippen LogP contribution in [0.1, 0.15) is 18.9 Å². The lowest BCUT2D eigenvalue weighted by molar-refractivity contribution is -0.119. The molecule has 3 N–H and O–H groups in total. The van der Waals surface area contributed by atoms with Crippen LogP contribution in [0, 0.1) is 0 Å². The Morgan fingerprint density at radius 2 is 2.19 bits per heavy atom. The first-order valence-corrected chi connectivity index (χ1v) is 7.75. The lowest BCUT2D eigenvalue weighted by Gasteiger charge is -2.13. The Bertz CT molecular complexity index is 572. The van der Waals surface area contributed by atoms with E-state index >= 15 is 0 Å². The zero-order valence-corrected chi connectivity index (χ0v) is 12.7. The maximum Gasteiger partial charge on any atom is 0.230 e. The fourth-order valence-electron chi connectivity index (χ4n) is 1.88. The first-order chi connectivity index (χ1) is 10.1. The Kier molecular flexibility index (Phi) is 5.62. The van der Waals surface area contributed by atoms with Crippen molar-refractivity contribution >= 4 is 17.7 Å². The maximum absolute atomic E-state index is 11.8. The van der Waals surface area contributed by atoms with Crippen LogP contribution in [0.25, 0.3) is 0 Å². The molecule has 0 saturated carbocycles. The molecule has 0 unspecified atom stereocenters. The van der Waals surface area contributed by atoms with Gasteiger partial charge < -0.3 is 11.2 Å². The molecular formula is C14H19N5OS. The number of nitrogens with one attached hydrogen (secondary N) is 1. The van der Waals surface area contributed by atoms with Gasteiger partial charge in [-0.2, -0.15) is 0 Å². The van der Waals surface area contributed by atoms with Gasteiger partial charge in [-0.15, -0.1) is 10.2 Å². The van der Waals surface area contributed by atoms with E-state index in [2.05, 4.69) is 27.6 Å². The number of rotatable bonds is 7. The lowest BCUT2D eigenvalue weighted by Crippen LogP contribution is -2.34. The van der Waals surface area contributed by atoms with Crippen LogP contribution in [0.2, 0.25) is 0 Å². The summed E-state index contributed by atoms with van der Waals surface area (Å²) in [6.07, 6.45) is 3.27. The third kappa shape index (κ3) is 5.11. The molecule has 0 aliphatic rings. The first-order valence-electron chi connectivity index (χ1n) is 6.76. The third-order valence-electron chi connectivity index (χ3n) is 2.99. The highest BCUT2D eigenvalue weighted by molar-refractivity contribution is 7.99. The second-order valence-corrected chi connectivity index (χ2v) is 5.74. The van der Waals surface area contributed by atoms with Crippen LogP contribution in [-0.2, 0) is 11.2 Å². The highest BCUT2D eigenvalue weighted by atomic mass is 32.2. The Morgan fingerprint density at radius 1 is 1.43 bits per heavy atom. The quantitative estimate of drug-likeness (QED) is 0.593. The van der Waals surface area contributed by atoms with Gasteiger partial charge in [0.2, 0.25) is 11.1 Å². The molecule has 0 bridgehead atoms. The second kappa shape index (κ2) is 7.68. The van der Waals surface area contributed by atoms with E-state index < -0.39 is 0 Å². The van der Waals surface area contributed by atoms with E-state index in [1.807, 2.05) is 25.1 Å². The largest absolute Gasteiger partial charge is 0.353 e. The van der Waals surface area contributed by atoms with E-state index in [4.69, 9.17) is 5.84 Å². The number of nitrogen functional groups attached to an aromatic ring is 1. The Labute approximate surface area is 128 Å². The van der Waals surface area contributed by atoms with Gasteiger partial charge >= 0.3 is 0 Å². The van der Waals surface area contributed by atoms with Gasteiger partial charge in [-0.25, -0.2) is 4.68 Å². The number of nitrogens with two attached hydrogens (primary N) is 1. The summed E-state index contributed by atoms with van der Waals surface area (Å²) in [4.78, 5) is 11.8. The molecule has 112 valence electrons. The van der Waals surface area contributed by atoms with Crippen molar-refractivity contribution in [3.63, 3.8) is 0 Å². The maximum atomic E-state index is 11.8. The molecule has 0 aliphatic heterocycles. The number of benzene rings is 1. The number of hydrogen-bond acceptors (Lipinski definition) is 5. The molecule has 0 aliphatic carbocycles. The molecule has 1 aromatic heterocycles.